The molecule has 7 heteroatoms. The van der Waals surface area contributed by atoms with Crippen LogP contribution in [0.2, 0.25) is 0 Å². The highest BCUT2D eigenvalue weighted by atomic mass is 32.2. The lowest BCUT2D eigenvalue weighted by atomic mass is 9.63. The molecule has 1 aliphatic heterocycles. The summed E-state index contributed by atoms with van der Waals surface area (Å²) in [5, 5.41) is 15.4. The van der Waals surface area contributed by atoms with Crippen LogP contribution in [0.15, 0.2) is 71.8 Å². The molecule has 1 saturated heterocycles. The third-order valence-corrected chi connectivity index (χ3v) is 9.52. The summed E-state index contributed by atoms with van der Waals surface area (Å²) in [7, 11) is -2.23. The molecule has 0 spiro atoms. The maximum absolute atomic E-state index is 13.6. The SMILES string of the molecule is C=C1[C@@H](O)C[C@H]2C[C@@H]1[C@@H](Cc1cn(S(=O)(=O)c3ccc(OC)cc3)c3ccccc13)NC2(C)C. The van der Waals surface area contributed by atoms with Crippen molar-refractivity contribution in [3.8, 4) is 5.75 Å². The Morgan fingerprint density at radius 1 is 1.15 bits per heavy atom. The first-order valence-electron chi connectivity index (χ1n) is 11.7. The Morgan fingerprint density at radius 2 is 1.85 bits per heavy atom. The number of hydrogen-bond acceptors (Lipinski definition) is 5. The second-order valence-electron chi connectivity index (χ2n) is 10.2. The average Bonchev–Trinajstić information content (AvgIpc) is 3.19. The zero-order valence-electron chi connectivity index (χ0n) is 19.9. The van der Waals surface area contributed by atoms with Gasteiger partial charge >= 0.3 is 0 Å². The summed E-state index contributed by atoms with van der Waals surface area (Å²) in [4.78, 5) is 0.212. The third-order valence-electron chi connectivity index (χ3n) is 7.83. The molecule has 2 N–H and O–H groups in total. The van der Waals surface area contributed by atoms with Crippen LogP contribution in [-0.4, -0.2) is 42.3 Å². The Labute approximate surface area is 201 Å². The van der Waals surface area contributed by atoms with E-state index in [4.69, 9.17) is 4.74 Å². The van der Waals surface area contributed by atoms with Crippen molar-refractivity contribution < 1.29 is 18.3 Å². The van der Waals surface area contributed by atoms with E-state index in [1.54, 1.807) is 37.6 Å². The summed E-state index contributed by atoms with van der Waals surface area (Å²) in [6.45, 7) is 8.60. The van der Waals surface area contributed by atoms with Crippen LogP contribution in [0, 0.1) is 11.8 Å². The predicted molar refractivity (Wildman–Crippen MR) is 134 cm³/mol. The molecule has 6 nitrogen and oxygen atoms in total. The van der Waals surface area contributed by atoms with Gasteiger partial charge in [0.15, 0.2) is 0 Å². The van der Waals surface area contributed by atoms with Crippen LogP contribution in [0.25, 0.3) is 10.9 Å². The van der Waals surface area contributed by atoms with Gasteiger partial charge in [0.25, 0.3) is 10.0 Å². The van der Waals surface area contributed by atoms with Gasteiger partial charge in [-0.25, -0.2) is 12.4 Å². The normalized spacial score (nSPS) is 26.5. The van der Waals surface area contributed by atoms with Crippen molar-refractivity contribution in [3.63, 3.8) is 0 Å². The minimum atomic E-state index is -3.79. The van der Waals surface area contributed by atoms with Crippen LogP contribution in [0.5, 0.6) is 5.75 Å². The number of aliphatic hydroxyl groups is 1. The van der Waals surface area contributed by atoms with Crippen molar-refractivity contribution in [3.05, 3.63) is 72.4 Å². The fourth-order valence-corrected chi connectivity index (χ4v) is 7.19. The Morgan fingerprint density at radius 3 is 2.56 bits per heavy atom. The van der Waals surface area contributed by atoms with Crippen LogP contribution in [-0.2, 0) is 16.4 Å². The van der Waals surface area contributed by atoms with Gasteiger partial charge in [-0.1, -0.05) is 24.8 Å². The second kappa shape index (κ2) is 8.26. The van der Waals surface area contributed by atoms with Gasteiger partial charge in [-0.05, 0) is 86.4 Å². The number of methoxy groups -OCH3 is 1. The number of aliphatic hydroxyl groups excluding tert-OH is 1. The molecule has 5 rings (SSSR count). The van der Waals surface area contributed by atoms with Crippen LogP contribution >= 0.6 is 0 Å². The molecule has 2 aromatic carbocycles. The minimum absolute atomic E-state index is 0.0663. The molecule has 180 valence electrons. The summed E-state index contributed by atoms with van der Waals surface area (Å²) >= 11 is 0. The van der Waals surface area contributed by atoms with Crippen molar-refractivity contribution in [1.29, 1.82) is 0 Å². The maximum Gasteiger partial charge on any atom is 0.268 e. The number of para-hydroxylation sites is 1. The topological polar surface area (TPSA) is 80.6 Å². The van der Waals surface area contributed by atoms with E-state index in [2.05, 4.69) is 25.7 Å². The molecule has 2 aliphatic rings. The van der Waals surface area contributed by atoms with Gasteiger partial charge in [0.05, 0.1) is 23.6 Å². The predicted octanol–water partition coefficient (Wildman–Crippen LogP) is 4.12. The highest BCUT2D eigenvalue weighted by Gasteiger charge is 2.47. The molecule has 3 aromatic rings. The van der Waals surface area contributed by atoms with Crippen LogP contribution < -0.4 is 10.1 Å². The molecule has 0 unspecified atom stereocenters. The molecule has 2 bridgehead atoms. The number of ether oxygens (including phenoxy) is 1. The van der Waals surface area contributed by atoms with Crippen molar-refractivity contribution in [1.82, 2.24) is 9.29 Å². The Kier molecular flexibility index (Phi) is 5.62. The minimum Gasteiger partial charge on any atom is -0.497 e. The van der Waals surface area contributed by atoms with Gasteiger partial charge in [-0.2, -0.15) is 0 Å². The number of fused-ring (bicyclic) bond motifs is 3. The average molecular weight is 481 g/mol. The summed E-state index contributed by atoms with van der Waals surface area (Å²) in [5.74, 6) is 1.14. The number of nitrogens with one attached hydrogen (secondary N) is 1. The fraction of sp³-hybridized carbons (Fsp3) is 0.407. The van der Waals surface area contributed by atoms with Gasteiger partial charge in [0, 0.05) is 23.2 Å². The van der Waals surface area contributed by atoms with E-state index in [0.717, 1.165) is 29.4 Å². The lowest BCUT2D eigenvalue weighted by Gasteiger charge is -2.53. The standard InChI is InChI=1S/C27H32N2O4S/c1-17-23-14-19(15-26(17)30)27(2,3)28-24(23)13-18-16-29(25-8-6-5-7-22(18)25)34(31,32)21-11-9-20(33-4)10-12-21/h5-12,16,19,23-24,26,28,30H,1,13-15H2,2-4H3/t19-,23+,24-,26+/m1/s1. The van der Waals surface area contributed by atoms with E-state index in [-0.39, 0.29) is 22.4 Å². The maximum atomic E-state index is 13.6. The molecule has 34 heavy (non-hydrogen) atoms. The lowest BCUT2D eigenvalue weighted by molar-refractivity contribution is 0.0290. The largest absolute Gasteiger partial charge is 0.497 e. The van der Waals surface area contributed by atoms with E-state index in [1.165, 1.54) is 3.97 Å². The quantitative estimate of drug-likeness (QED) is 0.537. The van der Waals surface area contributed by atoms with Gasteiger partial charge in [0.2, 0.25) is 0 Å². The molecule has 1 aliphatic carbocycles. The first kappa shape index (κ1) is 23.1. The first-order valence-corrected chi connectivity index (χ1v) is 13.2. The van der Waals surface area contributed by atoms with E-state index in [0.29, 0.717) is 23.6 Å². The fourth-order valence-electron chi connectivity index (χ4n) is 5.80. The molecule has 0 amide bonds. The van der Waals surface area contributed by atoms with E-state index >= 15 is 0 Å². The van der Waals surface area contributed by atoms with Crippen molar-refractivity contribution in [2.75, 3.05) is 7.11 Å². The molecule has 2 fully saturated rings. The van der Waals surface area contributed by atoms with Crippen LogP contribution in [0.4, 0.5) is 0 Å². The van der Waals surface area contributed by atoms with Gasteiger partial charge in [-0.3, -0.25) is 0 Å². The van der Waals surface area contributed by atoms with E-state index < -0.39 is 16.1 Å². The summed E-state index contributed by atoms with van der Waals surface area (Å²) in [5.41, 5.74) is 2.39. The Hall–Kier alpha value is -2.61. The number of rotatable bonds is 5. The molecular weight excluding hydrogens is 448 g/mol. The smallest absolute Gasteiger partial charge is 0.268 e. The van der Waals surface area contributed by atoms with Gasteiger partial charge in [0.1, 0.15) is 5.75 Å². The molecule has 0 radical (unpaired) electrons. The Balaban J connectivity index is 1.55. The highest BCUT2D eigenvalue weighted by Crippen LogP contribution is 2.45. The second-order valence-corrected chi connectivity index (χ2v) is 12.0. The van der Waals surface area contributed by atoms with Crippen LogP contribution in [0.1, 0.15) is 32.3 Å². The highest BCUT2D eigenvalue weighted by molar-refractivity contribution is 7.90. The van der Waals surface area contributed by atoms with Gasteiger partial charge in [-0.15, -0.1) is 0 Å². The van der Waals surface area contributed by atoms with Crippen molar-refractivity contribution in [2.24, 2.45) is 11.8 Å². The summed E-state index contributed by atoms with van der Waals surface area (Å²) in [6, 6.07) is 14.1. The molecule has 2 heterocycles. The van der Waals surface area contributed by atoms with E-state index in [1.807, 2.05) is 24.3 Å². The number of aromatic nitrogens is 1. The monoisotopic (exact) mass is 480 g/mol. The molecular formula is C27H32N2O4S. The first-order chi connectivity index (χ1) is 16.1. The van der Waals surface area contributed by atoms with E-state index in [9.17, 15) is 13.5 Å². The number of hydrogen-bond donors (Lipinski definition) is 2. The zero-order valence-corrected chi connectivity index (χ0v) is 20.7. The Bertz CT molecular complexity index is 1340. The lowest BCUT2D eigenvalue weighted by Crippen LogP contribution is -2.62. The summed E-state index contributed by atoms with van der Waals surface area (Å²) in [6.07, 6.45) is 3.65. The zero-order chi connectivity index (χ0) is 24.3. The van der Waals surface area contributed by atoms with Crippen molar-refractivity contribution in [2.45, 2.75) is 55.7 Å². The number of benzene rings is 2. The van der Waals surface area contributed by atoms with Crippen molar-refractivity contribution >= 4 is 20.9 Å². The molecule has 4 atom stereocenters. The van der Waals surface area contributed by atoms with Gasteiger partial charge < -0.3 is 15.2 Å². The summed E-state index contributed by atoms with van der Waals surface area (Å²) < 4.78 is 33.7. The third kappa shape index (κ3) is 3.76. The number of piperidine rings is 1. The van der Waals surface area contributed by atoms with Crippen LogP contribution in [0.3, 0.4) is 0 Å². The molecule has 1 aromatic heterocycles. The molecule has 1 saturated carbocycles. The number of nitrogens with zero attached hydrogens (tertiary/aromatic N) is 1.